The van der Waals surface area contributed by atoms with Gasteiger partial charge < -0.3 is 25.0 Å². The summed E-state index contributed by atoms with van der Waals surface area (Å²) in [6.07, 6.45) is 3.53. The second-order valence-electron chi connectivity index (χ2n) is 9.49. The number of ether oxygens (including phenoxy) is 1. The molecule has 3 aliphatic rings. The highest BCUT2D eigenvalue weighted by molar-refractivity contribution is 6.34. The molecule has 1 aromatic heterocycles. The molecule has 0 spiro atoms. The predicted octanol–water partition coefficient (Wildman–Crippen LogP) is 2.43. The number of H-pyrrole nitrogens is 1. The average Bonchev–Trinajstić information content (AvgIpc) is 3.30. The zero-order valence-electron chi connectivity index (χ0n) is 19.9. The van der Waals surface area contributed by atoms with Crippen LogP contribution < -0.4 is 5.32 Å². The lowest BCUT2D eigenvalue weighted by Gasteiger charge is -2.32. The number of rotatable bonds is 5. The smallest absolute Gasteiger partial charge is 0.256 e. The number of aryl methyl sites for hydroxylation is 1. The molecule has 3 aliphatic heterocycles. The molecule has 1 aromatic carbocycles. The van der Waals surface area contributed by atoms with Crippen LogP contribution in [-0.4, -0.2) is 83.7 Å². The van der Waals surface area contributed by atoms with E-state index in [-0.39, 0.29) is 18.4 Å². The number of β-amino-alcohol motifs (C(OH)–C–C–N with tert-alkyl or cyclic N) is 1. The Hall–Kier alpha value is -3.01. The standard InChI is InChI=1S/C26H31FN4O4/c1-16-23(13-20-19-12-17(27)5-6-21(19)29-25(20)33)28-22-4-2-3-7-31(26(34)24(16)22)15-18(32)14-30-8-10-35-11-9-30/h5-6,12-13,18,28,32H,2-4,7-11,14-15H2,1H3,(H,29,33)/b20-13-. The number of aliphatic hydroxyl groups is 1. The molecule has 8 nitrogen and oxygen atoms in total. The number of nitrogens with zero attached hydrogens (tertiary/aromatic N) is 2. The number of fused-ring (bicyclic) bond motifs is 2. The SMILES string of the molecule is Cc1c(/C=C2\C(=O)Nc3ccc(F)cc32)[nH]c2c1C(=O)N(CC(O)CN1CCOCC1)CCCC2. The van der Waals surface area contributed by atoms with Gasteiger partial charge in [0.05, 0.1) is 30.5 Å². The molecule has 0 saturated carbocycles. The summed E-state index contributed by atoms with van der Waals surface area (Å²) in [6.45, 7) is 6.12. The van der Waals surface area contributed by atoms with Crippen molar-refractivity contribution in [3.05, 3.63) is 52.1 Å². The molecule has 186 valence electrons. The first-order chi connectivity index (χ1) is 16.9. The number of aromatic amines is 1. The van der Waals surface area contributed by atoms with Gasteiger partial charge in [-0.15, -0.1) is 0 Å². The van der Waals surface area contributed by atoms with Gasteiger partial charge in [0.15, 0.2) is 0 Å². The fourth-order valence-electron chi connectivity index (χ4n) is 5.18. The number of hydrogen-bond donors (Lipinski definition) is 3. The highest BCUT2D eigenvalue weighted by Crippen LogP contribution is 2.35. The van der Waals surface area contributed by atoms with Gasteiger partial charge >= 0.3 is 0 Å². The minimum absolute atomic E-state index is 0.110. The fourth-order valence-corrected chi connectivity index (χ4v) is 5.18. The lowest BCUT2D eigenvalue weighted by molar-refractivity contribution is -0.110. The number of amides is 2. The Morgan fingerprint density at radius 3 is 2.77 bits per heavy atom. The lowest BCUT2D eigenvalue weighted by atomic mass is 10.0. The zero-order valence-corrected chi connectivity index (χ0v) is 19.9. The van der Waals surface area contributed by atoms with Crippen LogP contribution in [-0.2, 0) is 16.0 Å². The fraction of sp³-hybridized carbons (Fsp3) is 0.462. The van der Waals surface area contributed by atoms with Gasteiger partial charge in [0, 0.05) is 55.4 Å². The Bertz CT molecular complexity index is 1170. The Labute approximate surface area is 203 Å². The lowest BCUT2D eigenvalue weighted by Crippen LogP contribution is -2.46. The van der Waals surface area contributed by atoms with Gasteiger partial charge in [-0.05, 0) is 56.0 Å². The Kier molecular flexibility index (Phi) is 6.73. The number of anilines is 1. The van der Waals surface area contributed by atoms with E-state index in [4.69, 9.17) is 4.74 Å². The van der Waals surface area contributed by atoms with Crippen LogP contribution in [0, 0.1) is 12.7 Å². The van der Waals surface area contributed by atoms with Crippen molar-refractivity contribution in [2.75, 3.05) is 51.3 Å². The van der Waals surface area contributed by atoms with Gasteiger partial charge in [-0.25, -0.2) is 4.39 Å². The maximum absolute atomic E-state index is 13.8. The summed E-state index contributed by atoms with van der Waals surface area (Å²) in [6, 6.07) is 4.21. The van der Waals surface area contributed by atoms with Gasteiger partial charge in [0.25, 0.3) is 11.8 Å². The number of halogens is 1. The van der Waals surface area contributed by atoms with Crippen LogP contribution in [0.4, 0.5) is 10.1 Å². The molecular formula is C26H31FN4O4. The third-order valence-electron chi connectivity index (χ3n) is 7.03. The number of nitrogens with one attached hydrogen (secondary N) is 2. The summed E-state index contributed by atoms with van der Waals surface area (Å²) in [5.41, 5.74) is 4.31. The molecule has 1 saturated heterocycles. The first-order valence-corrected chi connectivity index (χ1v) is 12.2. The summed E-state index contributed by atoms with van der Waals surface area (Å²) >= 11 is 0. The van der Waals surface area contributed by atoms with E-state index in [9.17, 15) is 19.1 Å². The zero-order chi connectivity index (χ0) is 24.5. The van der Waals surface area contributed by atoms with Gasteiger partial charge in [-0.2, -0.15) is 0 Å². The summed E-state index contributed by atoms with van der Waals surface area (Å²) in [5, 5.41) is 13.5. The highest BCUT2D eigenvalue weighted by Gasteiger charge is 2.30. The van der Waals surface area contributed by atoms with Crippen molar-refractivity contribution in [3.8, 4) is 0 Å². The Morgan fingerprint density at radius 1 is 1.17 bits per heavy atom. The van der Waals surface area contributed by atoms with Crippen LogP contribution in [0.3, 0.4) is 0 Å². The topological polar surface area (TPSA) is 97.9 Å². The van der Waals surface area contributed by atoms with Crippen molar-refractivity contribution in [2.24, 2.45) is 0 Å². The molecule has 3 N–H and O–H groups in total. The predicted molar refractivity (Wildman–Crippen MR) is 131 cm³/mol. The van der Waals surface area contributed by atoms with Gasteiger partial charge in [-0.3, -0.25) is 14.5 Å². The van der Waals surface area contributed by atoms with Crippen LogP contribution in [0.15, 0.2) is 18.2 Å². The normalized spacial score (nSPS) is 20.9. The summed E-state index contributed by atoms with van der Waals surface area (Å²) in [4.78, 5) is 33.4. The second-order valence-corrected chi connectivity index (χ2v) is 9.49. The second kappa shape index (κ2) is 9.93. The molecular weight excluding hydrogens is 451 g/mol. The molecule has 9 heteroatoms. The van der Waals surface area contributed by atoms with E-state index in [1.165, 1.54) is 12.1 Å². The molecule has 4 heterocycles. The molecule has 35 heavy (non-hydrogen) atoms. The van der Waals surface area contributed by atoms with Crippen molar-refractivity contribution in [2.45, 2.75) is 32.3 Å². The van der Waals surface area contributed by atoms with Crippen molar-refractivity contribution in [3.63, 3.8) is 0 Å². The van der Waals surface area contributed by atoms with Crippen LogP contribution in [0.25, 0.3) is 11.6 Å². The first-order valence-electron chi connectivity index (χ1n) is 12.2. The van der Waals surface area contributed by atoms with Crippen molar-refractivity contribution >= 4 is 29.2 Å². The monoisotopic (exact) mass is 482 g/mol. The van der Waals surface area contributed by atoms with Gasteiger partial charge in [0.1, 0.15) is 5.82 Å². The number of hydrogen-bond acceptors (Lipinski definition) is 5. The maximum Gasteiger partial charge on any atom is 0.256 e. The van der Waals surface area contributed by atoms with E-state index in [1.54, 1.807) is 17.0 Å². The van der Waals surface area contributed by atoms with E-state index in [2.05, 4.69) is 15.2 Å². The van der Waals surface area contributed by atoms with E-state index in [1.807, 2.05) is 6.92 Å². The highest BCUT2D eigenvalue weighted by atomic mass is 19.1. The molecule has 1 fully saturated rings. The largest absolute Gasteiger partial charge is 0.390 e. The number of morpholine rings is 1. The number of carbonyl (C=O) groups excluding carboxylic acids is 2. The molecule has 2 aromatic rings. The molecule has 1 unspecified atom stereocenters. The number of benzene rings is 1. The van der Waals surface area contributed by atoms with Crippen LogP contribution in [0.2, 0.25) is 0 Å². The van der Waals surface area contributed by atoms with Gasteiger partial charge in [0.2, 0.25) is 0 Å². The number of aromatic nitrogens is 1. The van der Waals surface area contributed by atoms with E-state index in [0.29, 0.717) is 54.4 Å². The average molecular weight is 483 g/mol. The summed E-state index contributed by atoms with van der Waals surface area (Å²) < 4.78 is 19.2. The van der Waals surface area contributed by atoms with Crippen molar-refractivity contribution in [1.29, 1.82) is 0 Å². The molecule has 2 amide bonds. The quantitative estimate of drug-likeness (QED) is 0.569. The molecule has 0 radical (unpaired) electrons. The molecule has 5 rings (SSSR count). The van der Waals surface area contributed by atoms with Crippen LogP contribution in [0.1, 0.15) is 45.7 Å². The van der Waals surface area contributed by atoms with E-state index >= 15 is 0 Å². The summed E-state index contributed by atoms with van der Waals surface area (Å²) in [7, 11) is 0. The third kappa shape index (κ3) is 4.89. The van der Waals surface area contributed by atoms with Crippen LogP contribution >= 0.6 is 0 Å². The molecule has 0 bridgehead atoms. The Balaban J connectivity index is 1.40. The van der Waals surface area contributed by atoms with Crippen LogP contribution in [0.5, 0.6) is 0 Å². The van der Waals surface area contributed by atoms with Crippen molar-refractivity contribution in [1.82, 2.24) is 14.8 Å². The summed E-state index contributed by atoms with van der Waals surface area (Å²) in [5.74, 6) is -0.823. The van der Waals surface area contributed by atoms with Crippen molar-refractivity contribution < 1.29 is 23.8 Å². The maximum atomic E-state index is 13.8. The molecule has 0 aliphatic carbocycles. The van der Waals surface area contributed by atoms with E-state index in [0.717, 1.165) is 43.6 Å². The number of carbonyl (C=O) groups is 2. The first kappa shape index (κ1) is 23.7. The van der Waals surface area contributed by atoms with Gasteiger partial charge in [-0.1, -0.05) is 0 Å². The third-order valence-corrected chi connectivity index (χ3v) is 7.03. The minimum Gasteiger partial charge on any atom is -0.390 e. The van der Waals surface area contributed by atoms with E-state index < -0.39 is 11.9 Å². The minimum atomic E-state index is -0.644. The number of aliphatic hydroxyl groups excluding tert-OH is 1. The molecule has 1 atom stereocenters. The Morgan fingerprint density at radius 2 is 1.97 bits per heavy atom.